The van der Waals surface area contributed by atoms with Gasteiger partial charge in [0.05, 0.1) is 17.2 Å². The smallest absolute Gasteiger partial charge is 0.332 e. The molecule has 2 N–H and O–H groups in total. The molecule has 2 rings (SSSR count). The van der Waals surface area contributed by atoms with Crippen LogP contribution in [-0.4, -0.2) is 34.2 Å². The molecule has 2 unspecified atom stereocenters. The average Bonchev–Trinajstić information content (AvgIpc) is 2.94. The van der Waals surface area contributed by atoms with Crippen LogP contribution in [0.5, 0.6) is 0 Å². The minimum atomic E-state index is -1.01. The van der Waals surface area contributed by atoms with Gasteiger partial charge in [-0.2, -0.15) is 0 Å². The van der Waals surface area contributed by atoms with Gasteiger partial charge in [-0.05, 0) is 19.8 Å². The molecule has 0 aliphatic carbocycles. The molecule has 0 aromatic carbocycles. The number of aromatic nitrogens is 1. The van der Waals surface area contributed by atoms with E-state index in [9.17, 15) is 9.59 Å². The van der Waals surface area contributed by atoms with Crippen molar-refractivity contribution < 1.29 is 19.4 Å². The van der Waals surface area contributed by atoms with Gasteiger partial charge in [-0.3, -0.25) is 4.79 Å². The Labute approximate surface area is 108 Å². The van der Waals surface area contributed by atoms with Crippen molar-refractivity contribution in [2.24, 2.45) is 0 Å². The normalized spacial score (nSPS) is 22.9. The van der Waals surface area contributed by atoms with Crippen LogP contribution < -0.4 is 5.32 Å². The van der Waals surface area contributed by atoms with Gasteiger partial charge in [-0.1, -0.05) is 0 Å². The predicted octanol–water partition coefficient (Wildman–Crippen LogP) is 0.700. The zero-order valence-corrected chi connectivity index (χ0v) is 10.7. The number of thiazole rings is 1. The van der Waals surface area contributed by atoms with E-state index in [-0.39, 0.29) is 5.91 Å². The lowest BCUT2D eigenvalue weighted by molar-refractivity contribution is -0.151. The highest BCUT2D eigenvalue weighted by molar-refractivity contribution is 7.09. The van der Waals surface area contributed by atoms with Gasteiger partial charge in [0.15, 0.2) is 6.10 Å². The fourth-order valence-corrected chi connectivity index (χ4v) is 2.41. The van der Waals surface area contributed by atoms with Gasteiger partial charge >= 0.3 is 5.97 Å². The summed E-state index contributed by atoms with van der Waals surface area (Å²) in [4.78, 5) is 26.6. The lowest BCUT2D eigenvalue weighted by Crippen LogP contribution is -2.35. The third-order valence-corrected chi connectivity index (χ3v) is 3.52. The summed E-state index contributed by atoms with van der Waals surface area (Å²) in [6, 6.07) is 0. The van der Waals surface area contributed by atoms with E-state index in [0.717, 1.165) is 10.7 Å². The van der Waals surface area contributed by atoms with Gasteiger partial charge in [-0.25, -0.2) is 9.78 Å². The number of carboxylic acids is 1. The molecule has 1 aliphatic heterocycles. The molecule has 1 aromatic heterocycles. The van der Waals surface area contributed by atoms with E-state index in [2.05, 4.69) is 10.3 Å². The Morgan fingerprint density at radius 3 is 2.83 bits per heavy atom. The fraction of sp³-hybridized carbons (Fsp3) is 0.545. The van der Waals surface area contributed by atoms with E-state index in [1.54, 1.807) is 0 Å². The first kappa shape index (κ1) is 13.0. The highest BCUT2D eigenvalue weighted by Crippen LogP contribution is 2.20. The van der Waals surface area contributed by atoms with Crippen LogP contribution in [0, 0.1) is 6.92 Å². The highest BCUT2D eigenvalue weighted by Gasteiger charge is 2.34. The summed E-state index contributed by atoms with van der Waals surface area (Å²) >= 11 is 1.52. The summed E-state index contributed by atoms with van der Waals surface area (Å²) in [5, 5.41) is 14.3. The SMILES string of the molecule is Cc1nc(CNC(=O)C2CCC(C(=O)O)O2)cs1. The number of rotatable bonds is 4. The summed E-state index contributed by atoms with van der Waals surface area (Å²) in [7, 11) is 0. The molecule has 2 heterocycles. The summed E-state index contributed by atoms with van der Waals surface area (Å²) in [6.07, 6.45) is -0.699. The number of carbonyl (C=O) groups is 2. The van der Waals surface area contributed by atoms with E-state index in [4.69, 9.17) is 9.84 Å². The number of nitrogens with one attached hydrogen (secondary N) is 1. The number of hydrogen-bond acceptors (Lipinski definition) is 5. The number of aliphatic carboxylic acids is 1. The zero-order chi connectivity index (χ0) is 13.1. The fourth-order valence-electron chi connectivity index (χ4n) is 1.79. The molecule has 7 heteroatoms. The zero-order valence-electron chi connectivity index (χ0n) is 9.88. The van der Waals surface area contributed by atoms with Crippen LogP contribution in [0.2, 0.25) is 0 Å². The van der Waals surface area contributed by atoms with Crippen molar-refractivity contribution in [3.8, 4) is 0 Å². The van der Waals surface area contributed by atoms with Crippen molar-refractivity contribution in [3.63, 3.8) is 0 Å². The molecule has 0 saturated carbocycles. The van der Waals surface area contributed by atoms with Gasteiger partial charge in [0.1, 0.15) is 6.10 Å². The largest absolute Gasteiger partial charge is 0.479 e. The number of hydrogen-bond donors (Lipinski definition) is 2. The third kappa shape index (κ3) is 3.05. The van der Waals surface area contributed by atoms with Crippen molar-refractivity contribution in [1.82, 2.24) is 10.3 Å². The van der Waals surface area contributed by atoms with Crippen molar-refractivity contribution in [2.75, 3.05) is 0 Å². The molecule has 2 atom stereocenters. The topological polar surface area (TPSA) is 88.5 Å². The summed E-state index contributed by atoms with van der Waals surface area (Å²) in [5.74, 6) is -1.29. The second-order valence-electron chi connectivity index (χ2n) is 4.10. The molecule has 6 nitrogen and oxygen atoms in total. The number of aryl methyl sites for hydroxylation is 1. The van der Waals surface area contributed by atoms with Gasteiger partial charge in [0, 0.05) is 5.38 Å². The van der Waals surface area contributed by atoms with Crippen LogP contribution in [0.25, 0.3) is 0 Å². The number of carboxylic acid groups (broad SMARTS) is 1. The molecule has 0 spiro atoms. The number of carbonyl (C=O) groups excluding carboxylic acids is 1. The van der Waals surface area contributed by atoms with E-state index in [0.29, 0.717) is 19.4 Å². The van der Waals surface area contributed by atoms with Gasteiger partial charge in [0.25, 0.3) is 0 Å². The number of ether oxygens (including phenoxy) is 1. The van der Waals surface area contributed by atoms with Crippen LogP contribution in [0.3, 0.4) is 0 Å². The number of nitrogens with zero attached hydrogens (tertiary/aromatic N) is 1. The van der Waals surface area contributed by atoms with E-state index >= 15 is 0 Å². The standard InChI is InChI=1S/C11H14N2O4S/c1-6-13-7(5-18-6)4-12-10(14)8-2-3-9(17-8)11(15)16/h5,8-9H,2-4H2,1H3,(H,12,14)(H,15,16). The lowest BCUT2D eigenvalue weighted by Gasteiger charge is -2.10. The molecular weight excluding hydrogens is 256 g/mol. The second kappa shape index (κ2) is 5.45. The Morgan fingerprint density at radius 1 is 1.56 bits per heavy atom. The van der Waals surface area contributed by atoms with Crippen LogP contribution in [0.4, 0.5) is 0 Å². The molecule has 0 radical (unpaired) electrons. The van der Waals surface area contributed by atoms with Crippen molar-refractivity contribution in [1.29, 1.82) is 0 Å². The van der Waals surface area contributed by atoms with Crippen molar-refractivity contribution in [2.45, 2.75) is 38.5 Å². The molecule has 1 aromatic rings. The summed E-state index contributed by atoms with van der Waals surface area (Å²) < 4.78 is 5.15. The maximum absolute atomic E-state index is 11.7. The van der Waals surface area contributed by atoms with Crippen LogP contribution in [-0.2, 0) is 20.9 Å². The molecule has 98 valence electrons. The highest BCUT2D eigenvalue weighted by atomic mass is 32.1. The van der Waals surface area contributed by atoms with Gasteiger partial charge in [-0.15, -0.1) is 11.3 Å². The summed E-state index contributed by atoms with van der Waals surface area (Å²) in [5.41, 5.74) is 0.804. The maximum atomic E-state index is 11.7. The first-order valence-corrected chi connectivity index (χ1v) is 6.51. The third-order valence-electron chi connectivity index (χ3n) is 2.70. The monoisotopic (exact) mass is 270 g/mol. The minimum absolute atomic E-state index is 0.274. The molecule has 1 fully saturated rings. The van der Waals surface area contributed by atoms with E-state index in [1.165, 1.54) is 11.3 Å². The Kier molecular flexibility index (Phi) is 3.93. The molecule has 0 bridgehead atoms. The van der Waals surface area contributed by atoms with Crippen LogP contribution in [0.1, 0.15) is 23.5 Å². The Hall–Kier alpha value is -1.47. The molecular formula is C11H14N2O4S. The minimum Gasteiger partial charge on any atom is -0.479 e. The van der Waals surface area contributed by atoms with Gasteiger partial charge < -0.3 is 15.2 Å². The molecule has 1 saturated heterocycles. The first-order chi connectivity index (χ1) is 8.56. The maximum Gasteiger partial charge on any atom is 0.332 e. The Balaban J connectivity index is 1.80. The first-order valence-electron chi connectivity index (χ1n) is 5.63. The quantitative estimate of drug-likeness (QED) is 0.840. The summed E-state index contributed by atoms with van der Waals surface area (Å²) in [6.45, 7) is 2.24. The van der Waals surface area contributed by atoms with Crippen LogP contribution >= 0.6 is 11.3 Å². The Morgan fingerprint density at radius 2 is 2.28 bits per heavy atom. The van der Waals surface area contributed by atoms with E-state index < -0.39 is 18.2 Å². The lowest BCUT2D eigenvalue weighted by atomic mass is 10.2. The van der Waals surface area contributed by atoms with Crippen molar-refractivity contribution in [3.05, 3.63) is 16.1 Å². The van der Waals surface area contributed by atoms with Crippen LogP contribution in [0.15, 0.2) is 5.38 Å². The van der Waals surface area contributed by atoms with Gasteiger partial charge in [0.2, 0.25) is 5.91 Å². The second-order valence-corrected chi connectivity index (χ2v) is 5.17. The van der Waals surface area contributed by atoms with E-state index in [1.807, 2.05) is 12.3 Å². The molecule has 1 aliphatic rings. The molecule has 18 heavy (non-hydrogen) atoms. The molecule has 1 amide bonds. The average molecular weight is 270 g/mol. The Bertz CT molecular complexity index is 460. The predicted molar refractivity (Wildman–Crippen MR) is 64.2 cm³/mol. The number of amides is 1. The van der Waals surface area contributed by atoms with Crippen molar-refractivity contribution >= 4 is 23.2 Å².